The van der Waals surface area contributed by atoms with E-state index in [9.17, 15) is 0 Å². The number of fused-ring (bicyclic) bond motifs is 9. The molecule has 0 saturated carbocycles. The van der Waals surface area contributed by atoms with E-state index in [-0.39, 0.29) is 10.8 Å². The van der Waals surface area contributed by atoms with Crippen molar-refractivity contribution in [1.29, 1.82) is 0 Å². The molecule has 0 fully saturated rings. The van der Waals surface area contributed by atoms with Crippen molar-refractivity contribution in [3.05, 3.63) is 288 Å². The van der Waals surface area contributed by atoms with Gasteiger partial charge in [-0.25, -0.2) is 0 Å². The normalized spacial score (nSPS) is 13.9. The second-order valence-corrected chi connectivity index (χ2v) is 23.2. The van der Waals surface area contributed by atoms with Gasteiger partial charge in [0.1, 0.15) is 5.00 Å². The molecule has 2 aliphatic rings. The standard InChI is InChI=1S/C72H56N2S/c1-70(2,3)50-31-33-53(34-32-50)73(69-42-41-68(75-69)47-19-9-6-10-20-47)54-35-38-58-57-37-29-49(44-63(57)71(4,5)64(58)45-54)48-30-40-67-61(43-48)60-26-16-18-28-66(60)74(67)55-36-39-59-56-25-15-17-27-62(56)72(65(59)46-55,51-21-11-7-12-22-51)52-23-13-8-14-24-52/h6-46H,1-5H3. The van der Waals surface area contributed by atoms with Gasteiger partial charge in [-0.3, -0.25) is 0 Å². The summed E-state index contributed by atoms with van der Waals surface area (Å²) in [5.74, 6) is 0. The molecule has 2 nitrogen and oxygen atoms in total. The fourth-order valence-corrected chi connectivity index (χ4v) is 13.8. The number of hydrogen-bond donors (Lipinski definition) is 0. The maximum atomic E-state index is 2.49. The van der Waals surface area contributed by atoms with Gasteiger partial charge in [-0.1, -0.05) is 211 Å². The Kier molecular flexibility index (Phi) is 10.2. The lowest BCUT2D eigenvalue weighted by atomic mass is 9.67. The monoisotopic (exact) mass is 980 g/mol. The van der Waals surface area contributed by atoms with Crippen LogP contribution in [0.5, 0.6) is 0 Å². The maximum absolute atomic E-state index is 2.49. The predicted molar refractivity (Wildman–Crippen MR) is 318 cm³/mol. The van der Waals surface area contributed by atoms with Gasteiger partial charge in [0.25, 0.3) is 0 Å². The number of para-hydroxylation sites is 1. The van der Waals surface area contributed by atoms with Crippen molar-refractivity contribution in [3.8, 4) is 49.5 Å². The fraction of sp³-hybridized carbons (Fsp3) is 0.111. The van der Waals surface area contributed by atoms with Crippen LogP contribution in [0.25, 0.3) is 71.3 Å². The topological polar surface area (TPSA) is 8.17 Å². The first kappa shape index (κ1) is 45.1. The van der Waals surface area contributed by atoms with Gasteiger partial charge in [0.05, 0.1) is 16.4 Å². The molecule has 2 heterocycles. The Hall–Kier alpha value is -8.50. The minimum absolute atomic E-state index is 0.0662. The number of rotatable bonds is 8. The largest absolute Gasteiger partial charge is 0.309 e. The molecule has 0 bridgehead atoms. The van der Waals surface area contributed by atoms with Crippen molar-refractivity contribution < 1.29 is 0 Å². The average Bonchev–Trinajstić information content (AvgIpc) is 4.22. The zero-order chi connectivity index (χ0) is 50.6. The van der Waals surface area contributed by atoms with Crippen LogP contribution in [-0.2, 0) is 16.2 Å². The lowest BCUT2D eigenvalue weighted by molar-refractivity contribution is 0.590. The fourth-order valence-electron chi connectivity index (χ4n) is 12.8. The predicted octanol–water partition coefficient (Wildman–Crippen LogP) is 19.6. The van der Waals surface area contributed by atoms with Crippen molar-refractivity contribution in [1.82, 2.24) is 4.57 Å². The van der Waals surface area contributed by atoms with E-state index in [1.807, 2.05) is 11.3 Å². The molecule has 0 atom stereocenters. The molecule has 10 aromatic carbocycles. The van der Waals surface area contributed by atoms with Gasteiger partial charge in [-0.2, -0.15) is 0 Å². The summed E-state index contributed by atoms with van der Waals surface area (Å²) in [5, 5.41) is 3.69. The van der Waals surface area contributed by atoms with Crippen LogP contribution in [0.3, 0.4) is 0 Å². The van der Waals surface area contributed by atoms with Crippen LogP contribution in [0, 0.1) is 0 Å². The molecule has 360 valence electrons. The Morgan fingerprint density at radius 3 is 1.69 bits per heavy atom. The lowest BCUT2D eigenvalue weighted by Crippen LogP contribution is -2.28. The van der Waals surface area contributed by atoms with E-state index in [0.717, 1.165) is 11.4 Å². The van der Waals surface area contributed by atoms with Crippen molar-refractivity contribution >= 4 is 49.5 Å². The highest BCUT2D eigenvalue weighted by Gasteiger charge is 2.46. The van der Waals surface area contributed by atoms with Crippen molar-refractivity contribution in [2.45, 2.75) is 50.9 Å². The molecule has 0 radical (unpaired) electrons. The molecule has 12 aromatic rings. The van der Waals surface area contributed by atoms with Crippen molar-refractivity contribution in [2.24, 2.45) is 0 Å². The second kappa shape index (κ2) is 17.0. The van der Waals surface area contributed by atoms with Gasteiger partial charge in [0, 0.05) is 38.1 Å². The molecule has 2 aromatic heterocycles. The summed E-state index contributed by atoms with van der Waals surface area (Å²) in [6.45, 7) is 11.7. The van der Waals surface area contributed by atoms with Gasteiger partial charge < -0.3 is 9.47 Å². The summed E-state index contributed by atoms with van der Waals surface area (Å²) < 4.78 is 2.49. The molecule has 75 heavy (non-hydrogen) atoms. The molecule has 0 amide bonds. The Bertz CT molecular complexity index is 4130. The van der Waals surface area contributed by atoms with E-state index >= 15 is 0 Å². The highest BCUT2D eigenvalue weighted by molar-refractivity contribution is 7.19. The number of aromatic nitrogens is 1. The average molecular weight is 981 g/mol. The molecule has 0 spiro atoms. The number of anilines is 3. The van der Waals surface area contributed by atoms with E-state index in [1.165, 1.54) is 115 Å². The number of nitrogens with zero attached hydrogens (tertiary/aromatic N) is 2. The summed E-state index contributed by atoms with van der Waals surface area (Å²) in [4.78, 5) is 3.71. The van der Waals surface area contributed by atoms with Gasteiger partial charge in [-0.05, 0) is 156 Å². The zero-order valence-corrected chi connectivity index (χ0v) is 43.8. The summed E-state index contributed by atoms with van der Waals surface area (Å²) in [6, 6.07) is 93.2. The van der Waals surface area contributed by atoms with Gasteiger partial charge in [0.15, 0.2) is 0 Å². The van der Waals surface area contributed by atoms with Crippen LogP contribution < -0.4 is 4.90 Å². The SMILES string of the molecule is CC(C)(C)c1ccc(N(c2ccc3c(c2)C(C)(C)c2cc(-c4ccc5c(c4)c4ccccc4n5-c4ccc5c(c4)C(c4ccccc4)(c4ccccc4)c4ccccc4-5)ccc2-3)c2ccc(-c3ccccc3)s2)cc1. The van der Waals surface area contributed by atoms with Gasteiger partial charge >= 0.3 is 0 Å². The Labute approximate surface area is 444 Å². The van der Waals surface area contributed by atoms with Crippen LogP contribution in [0.1, 0.15) is 73.6 Å². The minimum Gasteiger partial charge on any atom is -0.309 e. The van der Waals surface area contributed by atoms with E-state index < -0.39 is 5.41 Å². The molecule has 2 aliphatic carbocycles. The zero-order valence-electron chi connectivity index (χ0n) is 43.0. The first-order valence-corrected chi connectivity index (χ1v) is 27.1. The first-order chi connectivity index (χ1) is 36.6. The third-order valence-corrected chi connectivity index (χ3v) is 17.6. The van der Waals surface area contributed by atoms with Crippen LogP contribution in [0.2, 0.25) is 0 Å². The third kappa shape index (κ3) is 6.98. The quantitative estimate of drug-likeness (QED) is 0.147. The van der Waals surface area contributed by atoms with E-state index in [2.05, 4.69) is 293 Å². The molecule has 0 N–H and O–H groups in total. The Balaban J connectivity index is 0.857. The third-order valence-electron chi connectivity index (χ3n) is 16.5. The molecular formula is C72H56N2S. The Morgan fingerprint density at radius 2 is 0.960 bits per heavy atom. The van der Waals surface area contributed by atoms with Gasteiger partial charge in [0.2, 0.25) is 0 Å². The molecular weight excluding hydrogens is 925 g/mol. The van der Waals surface area contributed by atoms with Gasteiger partial charge in [-0.15, -0.1) is 11.3 Å². The van der Waals surface area contributed by atoms with Crippen LogP contribution in [0.15, 0.2) is 249 Å². The highest BCUT2D eigenvalue weighted by Crippen LogP contribution is 2.57. The molecule has 3 heteroatoms. The second-order valence-electron chi connectivity index (χ2n) is 22.1. The number of benzene rings is 10. The molecule has 0 unspecified atom stereocenters. The molecule has 14 rings (SSSR count). The van der Waals surface area contributed by atoms with Crippen LogP contribution in [-0.4, -0.2) is 4.57 Å². The summed E-state index contributed by atoms with van der Waals surface area (Å²) in [6.07, 6.45) is 0. The van der Waals surface area contributed by atoms with Crippen LogP contribution in [0.4, 0.5) is 16.4 Å². The smallest absolute Gasteiger partial charge is 0.101 e. The first-order valence-electron chi connectivity index (χ1n) is 26.3. The van der Waals surface area contributed by atoms with Crippen LogP contribution >= 0.6 is 11.3 Å². The summed E-state index contributed by atoms with van der Waals surface area (Å²) in [7, 11) is 0. The van der Waals surface area contributed by atoms with E-state index in [1.54, 1.807) is 0 Å². The minimum atomic E-state index is -0.479. The highest BCUT2D eigenvalue weighted by atomic mass is 32.1. The Morgan fingerprint density at radius 1 is 0.400 bits per heavy atom. The number of thiophene rings is 1. The van der Waals surface area contributed by atoms with E-state index in [4.69, 9.17) is 0 Å². The maximum Gasteiger partial charge on any atom is 0.101 e. The van der Waals surface area contributed by atoms with E-state index in [0.29, 0.717) is 0 Å². The van der Waals surface area contributed by atoms with Crippen molar-refractivity contribution in [2.75, 3.05) is 4.90 Å². The lowest BCUT2D eigenvalue weighted by Gasteiger charge is -2.34. The molecule has 0 aliphatic heterocycles. The summed E-state index contributed by atoms with van der Waals surface area (Å²) >= 11 is 1.84. The van der Waals surface area contributed by atoms with Crippen molar-refractivity contribution in [3.63, 3.8) is 0 Å². The summed E-state index contributed by atoms with van der Waals surface area (Å²) in [5.41, 5.74) is 23.3. The number of hydrogen-bond acceptors (Lipinski definition) is 2. The molecule has 0 saturated heterocycles.